The fourth-order valence-corrected chi connectivity index (χ4v) is 3.46. The molecule has 8 heteroatoms. The fraction of sp³-hybridized carbons (Fsp3) is 0.444. The van der Waals surface area contributed by atoms with Gasteiger partial charge in [0, 0.05) is 46.2 Å². The smallest absolute Gasteiger partial charge is 0.319 e. The minimum atomic E-state index is -0.637. The third-order valence-corrected chi connectivity index (χ3v) is 4.80. The Kier molecular flexibility index (Phi) is 4.67. The first-order valence-electron chi connectivity index (χ1n) is 8.47. The van der Waals surface area contributed by atoms with Crippen LogP contribution < -0.4 is 5.32 Å². The second-order valence-corrected chi connectivity index (χ2v) is 6.88. The number of urea groups is 1. The van der Waals surface area contributed by atoms with Gasteiger partial charge in [-0.05, 0) is 23.6 Å². The van der Waals surface area contributed by atoms with Crippen molar-refractivity contribution in [1.29, 1.82) is 0 Å². The predicted molar refractivity (Wildman–Crippen MR) is 93.0 cm³/mol. The highest BCUT2D eigenvalue weighted by molar-refractivity contribution is 6.05. The molecule has 0 saturated carbocycles. The van der Waals surface area contributed by atoms with Gasteiger partial charge in [0.15, 0.2) is 0 Å². The predicted octanol–water partition coefficient (Wildman–Crippen LogP) is 0.561. The lowest BCUT2D eigenvalue weighted by Crippen LogP contribution is -2.52. The van der Waals surface area contributed by atoms with E-state index in [-0.39, 0.29) is 24.3 Å². The van der Waals surface area contributed by atoms with Crippen molar-refractivity contribution in [3.05, 3.63) is 34.9 Å². The van der Waals surface area contributed by atoms with Crippen LogP contribution in [0.3, 0.4) is 0 Å². The summed E-state index contributed by atoms with van der Waals surface area (Å²) in [6.45, 7) is 0.678. The number of hydrogen-bond acceptors (Lipinski definition) is 4. The summed E-state index contributed by atoms with van der Waals surface area (Å²) in [4.78, 5) is 52.9. The zero-order chi connectivity index (χ0) is 19.0. The summed E-state index contributed by atoms with van der Waals surface area (Å²) in [7, 11) is 5.07. The Labute approximate surface area is 151 Å². The molecule has 2 aliphatic heterocycles. The minimum absolute atomic E-state index is 0.131. The largest absolute Gasteiger partial charge is 0.331 e. The molecule has 1 aromatic rings. The molecule has 0 aromatic heterocycles. The standard InChI is InChI=1S/C18H22N4O4/c1-20(2)18(26)21(3)9-11-5-4-6-12-13(11)10-22(17(12)25)14-7-8-15(23)19-16(14)24/h4-6,14H,7-10H2,1-3H3,(H,19,23,24). The fourth-order valence-electron chi connectivity index (χ4n) is 3.46. The Hall–Kier alpha value is -2.90. The molecule has 2 heterocycles. The number of hydrogen-bond donors (Lipinski definition) is 1. The van der Waals surface area contributed by atoms with Crippen LogP contribution in [0.4, 0.5) is 4.79 Å². The molecule has 1 atom stereocenters. The first kappa shape index (κ1) is 17.9. The van der Waals surface area contributed by atoms with E-state index in [1.807, 2.05) is 6.07 Å². The highest BCUT2D eigenvalue weighted by Crippen LogP contribution is 2.30. The van der Waals surface area contributed by atoms with Crippen LogP contribution in [-0.4, -0.2) is 65.6 Å². The SMILES string of the molecule is CN(C)C(=O)N(C)Cc1cccc2c1CN(C1CCC(=O)NC1=O)C2=O. The number of carbonyl (C=O) groups is 4. The van der Waals surface area contributed by atoms with Crippen molar-refractivity contribution >= 4 is 23.8 Å². The van der Waals surface area contributed by atoms with E-state index in [9.17, 15) is 19.2 Å². The van der Waals surface area contributed by atoms with Gasteiger partial charge >= 0.3 is 6.03 Å². The summed E-state index contributed by atoms with van der Waals surface area (Å²) in [5.41, 5.74) is 2.27. The van der Waals surface area contributed by atoms with Gasteiger partial charge in [0.25, 0.3) is 5.91 Å². The highest BCUT2D eigenvalue weighted by Gasteiger charge is 2.39. The highest BCUT2D eigenvalue weighted by atomic mass is 16.2. The van der Waals surface area contributed by atoms with Crippen molar-refractivity contribution in [2.45, 2.75) is 32.0 Å². The van der Waals surface area contributed by atoms with Crippen LogP contribution in [0.1, 0.15) is 34.3 Å². The second-order valence-electron chi connectivity index (χ2n) is 6.88. The van der Waals surface area contributed by atoms with E-state index in [1.165, 1.54) is 9.80 Å². The monoisotopic (exact) mass is 358 g/mol. The van der Waals surface area contributed by atoms with Crippen molar-refractivity contribution in [3.63, 3.8) is 0 Å². The van der Waals surface area contributed by atoms with Crippen molar-refractivity contribution in [2.75, 3.05) is 21.1 Å². The van der Waals surface area contributed by atoms with Crippen LogP contribution in [0.15, 0.2) is 18.2 Å². The average molecular weight is 358 g/mol. The van der Waals surface area contributed by atoms with E-state index >= 15 is 0 Å². The first-order valence-corrected chi connectivity index (χ1v) is 8.47. The van der Waals surface area contributed by atoms with E-state index in [0.717, 1.165) is 11.1 Å². The van der Waals surface area contributed by atoms with Gasteiger partial charge in [0.2, 0.25) is 11.8 Å². The minimum Gasteiger partial charge on any atom is -0.331 e. The first-order chi connectivity index (χ1) is 12.3. The van der Waals surface area contributed by atoms with Gasteiger partial charge in [-0.25, -0.2) is 4.79 Å². The number of amides is 5. The van der Waals surface area contributed by atoms with Gasteiger partial charge in [-0.15, -0.1) is 0 Å². The van der Waals surface area contributed by atoms with Gasteiger partial charge in [-0.1, -0.05) is 12.1 Å². The van der Waals surface area contributed by atoms with E-state index in [4.69, 9.17) is 0 Å². The van der Waals surface area contributed by atoms with Crippen LogP contribution in [0.25, 0.3) is 0 Å². The van der Waals surface area contributed by atoms with Crippen LogP contribution in [0, 0.1) is 0 Å². The molecular weight excluding hydrogens is 336 g/mol. The number of carbonyl (C=O) groups excluding carboxylic acids is 4. The van der Waals surface area contributed by atoms with Crippen molar-refractivity contribution < 1.29 is 19.2 Å². The number of imide groups is 1. The van der Waals surface area contributed by atoms with E-state index in [1.54, 1.807) is 38.2 Å². The molecule has 8 nitrogen and oxygen atoms in total. The van der Waals surface area contributed by atoms with Crippen LogP contribution >= 0.6 is 0 Å². The van der Waals surface area contributed by atoms with Crippen LogP contribution in [-0.2, 0) is 22.7 Å². The van der Waals surface area contributed by atoms with Gasteiger partial charge in [0.1, 0.15) is 6.04 Å². The van der Waals surface area contributed by atoms with Crippen molar-refractivity contribution in [1.82, 2.24) is 20.0 Å². The number of nitrogens with zero attached hydrogens (tertiary/aromatic N) is 3. The van der Waals surface area contributed by atoms with Gasteiger partial charge in [-0.2, -0.15) is 0 Å². The Morgan fingerprint density at radius 2 is 1.96 bits per heavy atom. The molecule has 2 aliphatic rings. The molecular formula is C18H22N4O4. The summed E-state index contributed by atoms with van der Waals surface area (Å²) >= 11 is 0. The molecule has 138 valence electrons. The number of benzene rings is 1. The zero-order valence-corrected chi connectivity index (χ0v) is 15.1. The van der Waals surface area contributed by atoms with E-state index in [2.05, 4.69) is 5.32 Å². The number of piperidine rings is 1. The summed E-state index contributed by atoms with van der Waals surface area (Å²) in [5.74, 6) is -0.943. The Morgan fingerprint density at radius 1 is 1.23 bits per heavy atom. The summed E-state index contributed by atoms with van der Waals surface area (Å²) in [5, 5.41) is 2.30. The van der Waals surface area contributed by atoms with Crippen LogP contribution in [0.5, 0.6) is 0 Å². The van der Waals surface area contributed by atoms with E-state index < -0.39 is 11.9 Å². The molecule has 0 spiro atoms. The average Bonchev–Trinajstić information content (AvgIpc) is 2.92. The second kappa shape index (κ2) is 6.78. The molecule has 1 fully saturated rings. The number of nitrogens with one attached hydrogen (secondary N) is 1. The molecule has 3 rings (SSSR count). The molecule has 5 amide bonds. The molecule has 26 heavy (non-hydrogen) atoms. The quantitative estimate of drug-likeness (QED) is 0.800. The van der Waals surface area contributed by atoms with Gasteiger partial charge in [-0.3, -0.25) is 19.7 Å². The van der Waals surface area contributed by atoms with Gasteiger partial charge in [0.05, 0.1) is 0 Å². The molecule has 1 N–H and O–H groups in total. The topological polar surface area (TPSA) is 90.0 Å². The van der Waals surface area contributed by atoms with E-state index in [0.29, 0.717) is 25.1 Å². The third-order valence-electron chi connectivity index (χ3n) is 4.80. The number of fused-ring (bicyclic) bond motifs is 1. The maximum atomic E-state index is 12.8. The molecule has 0 bridgehead atoms. The summed E-state index contributed by atoms with van der Waals surface area (Å²) in [6.07, 6.45) is 0.558. The van der Waals surface area contributed by atoms with Gasteiger partial charge < -0.3 is 14.7 Å². The summed E-state index contributed by atoms with van der Waals surface area (Å²) in [6, 6.07) is 4.64. The Balaban J connectivity index is 1.83. The number of rotatable bonds is 3. The normalized spacial score (nSPS) is 19.3. The lowest BCUT2D eigenvalue weighted by molar-refractivity contribution is -0.136. The Morgan fingerprint density at radius 3 is 2.62 bits per heavy atom. The third kappa shape index (κ3) is 3.14. The lowest BCUT2D eigenvalue weighted by atomic mass is 10.0. The maximum Gasteiger partial charge on any atom is 0.319 e. The lowest BCUT2D eigenvalue weighted by Gasteiger charge is -2.29. The molecule has 1 aromatic carbocycles. The molecule has 0 aliphatic carbocycles. The Bertz CT molecular complexity index is 789. The molecule has 0 radical (unpaired) electrons. The van der Waals surface area contributed by atoms with Crippen molar-refractivity contribution in [2.24, 2.45) is 0 Å². The van der Waals surface area contributed by atoms with Crippen LogP contribution in [0.2, 0.25) is 0 Å². The van der Waals surface area contributed by atoms with Crippen molar-refractivity contribution in [3.8, 4) is 0 Å². The zero-order valence-electron chi connectivity index (χ0n) is 15.1. The summed E-state index contributed by atoms with van der Waals surface area (Å²) < 4.78 is 0. The molecule has 1 saturated heterocycles. The molecule has 1 unspecified atom stereocenters. The maximum absolute atomic E-state index is 12.8.